The van der Waals surface area contributed by atoms with Crippen molar-refractivity contribution in [1.82, 2.24) is 24.1 Å². The highest BCUT2D eigenvalue weighted by molar-refractivity contribution is 7.17. The maximum Gasteiger partial charge on any atom is 0.352 e. The molecule has 0 aliphatic rings. The molecule has 0 bridgehead atoms. The lowest BCUT2D eigenvalue weighted by Crippen LogP contribution is -2.33. The molecule has 1 amide bonds. The molecule has 0 saturated carbocycles. The topological polar surface area (TPSA) is 90.4 Å². The van der Waals surface area contributed by atoms with Crippen LogP contribution in [0.15, 0.2) is 21.0 Å². The minimum absolute atomic E-state index is 0.153. The van der Waals surface area contributed by atoms with Crippen molar-refractivity contribution in [2.24, 2.45) is 11.8 Å². The Hall–Kier alpha value is -2.42. The lowest BCUT2D eigenvalue weighted by atomic mass is 10.1. The molecule has 3 heterocycles. The van der Waals surface area contributed by atoms with Crippen molar-refractivity contribution in [2.45, 2.75) is 47.2 Å². The maximum absolute atomic E-state index is 12.9. The summed E-state index contributed by atoms with van der Waals surface area (Å²) in [6, 6.07) is 1.74. The average Bonchev–Trinajstić information content (AvgIpc) is 3.16. The first kappa shape index (κ1) is 19.3. The molecule has 0 saturated heterocycles. The van der Waals surface area contributed by atoms with Crippen molar-refractivity contribution in [3.8, 4) is 0 Å². The van der Waals surface area contributed by atoms with Gasteiger partial charge in [0.2, 0.25) is 11.7 Å². The van der Waals surface area contributed by atoms with Crippen LogP contribution in [0.3, 0.4) is 0 Å². The summed E-state index contributed by atoms with van der Waals surface area (Å²) in [6.45, 7) is 9.01. The Kier molecular flexibility index (Phi) is 5.50. The van der Waals surface area contributed by atoms with Crippen LogP contribution in [0.25, 0.3) is 16.0 Å². The van der Waals surface area contributed by atoms with E-state index in [1.807, 2.05) is 13.8 Å². The van der Waals surface area contributed by atoms with E-state index in [1.54, 1.807) is 11.4 Å². The second-order valence-electron chi connectivity index (χ2n) is 7.55. The van der Waals surface area contributed by atoms with Gasteiger partial charge in [-0.05, 0) is 29.7 Å². The van der Waals surface area contributed by atoms with Gasteiger partial charge in [0.1, 0.15) is 11.2 Å². The summed E-state index contributed by atoms with van der Waals surface area (Å²) < 4.78 is 4.61. The first-order valence-corrected chi connectivity index (χ1v) is 10.0. The molecule has 0 fully saturated rings. The molecular formula is C18H25N5O3S. The van der Waals surface area contributed by atoms with Crippen molar-refractivity contribution in [1.29, 1.82) is 0 Å². The van der Waals surface area contributed by atoms with Gasteiger partial charge in [0, 0.05) is 13.1 Å². The van der Waals surface area contributed by atoms with Crippen LogP contribution in [-0.4, -0.2) is 31.2 Å². The largest absolute Gasteiger partial charge is 0.354 e. The number of thiophene rings is 1. The van der Waals surface area contributed by atoms with E-state index in [0.29, 0.717) is 29.2 Å². The highest BCUT2D eigenvalue weighted by Gasteiger charge is 2.19. The van der Waals surface area contributed by atoms with Crippen molar-refractivity contribution in [3.05, 3.63) is 32.3 Å². The van der Waals surface area contributed by atoms with Crippen LogP contribution in [0.4, 0.5) is 0 Å². The van der Waals surface area contributed by atoms with E-state index in [2.05, 4.69) is 24.3 Å². The van der Waals surface area contributed by atoms with Crippen LogP contribution < -0.4 is 16.6 Å². The summed E-state index contributed by atoms with van der Waals surface area (Å²) in [5.74, 6) is 0.712. The first-order valence-electron chi connectivity index (χ1n) is 9.15. The van der Waals surface area contributed by atoms with Crippen molar-refractivity contribution in [2.75, 3.05) is 6.54 Å². The fraction of sp³-hybridized carbons (Fsp3) is 0.556. The van der Waals surface area contributed by atoms with E-state index >= 15 is 0 Å². The summed E-state index contributed by atoms with van der Waals surface area (Å²) in [5, 5.41) is 8.91. The molecule has 0 unspecified atom stereocenters. The van der Waals surface area contributed by atoms with Gasteiger partial charge in [-0.2, -0.15) is 0 Å². The number of carbonyl (C=O) groups is 1. The molecule has 27 heavy (non-hydrogen) atoms. The van der Waals surface area contributed by atoms with Gasteiger partial charge in [0.15, 0.2) is 0 Å². The number of rotatable bonds is 7. The van der Waals surface area contributed by atoms with Crippen LogP contribution >= 0.6 is 11.3 Å². The van der Waals surface area contributed by atoms with Crippen molar-refractivity contribution >= 4 is 33.2 Å². The van der Waals surface area contributed by atoms with Crippen molar-refractivity contribution < 1.29 is 4.79 Å². The monoisotopic (exact) mass is 391 g/mol. The van der Waals surface area contributed by atoms with Gasteiger partial charge in [0.05, 0.1) is 5.52 Å². The minimum Gasteiger partial charge on any atom is -0.354 e. The van der Waals surface area contributed by atoms with Gasteiger partial charge in [-0.15, -0.1) is 16.4 Å². The Balaban J connectivity index is 2.04. The molecule has 0 aliphatic carbocycles. The molecule has 0 aliphatic heterocycles. The predicted molar refractivity (Wildman–Crippen MR) is 106 cm³/mol. The zero-order chi connectivity index (χ0) is 19.7. The molecule has 3 aromatic heterocycles. The van der Waals surface area contributed by atoms with E-state index in [0.717, 1.165) is 11.1 Å². The third-order valence-electron chi connectivity index (χ3n) is 4.27. The van der Waals surface area contributed by atoms with Crippen LogP contribution in [-0.2, 0) is 17.9 Å². The van der Waals surface area contributed by atoms with Gasteiger partial charge in [-0.25, -0.2) is 13.9 Å². The Labute approximate surface area is 160 Å². The number of nitrogens with one attached hydrogen (secondary N) is 1. The van der Waals surface area contributed by atoms with Gasteiger partial charge < -0.3 is 5.32 Å². The fourth-order valence-electron chi connectivity index (χ4n) is 2.96. The Morgan fingerprint density at radius 1 is 1.22 bits per heavy atom. The Bertz CT molecular complexity index is 1090. The fourth-order valence-corrected chi connectivity index (χ4v) is 3.78. The van der Waals surface area contributed by atoms with Crippen LogP contribution in [0, 0.1) is 11.8 Å². The summed E-state index contributed by atoms with van der Waals surface area (Å²) in [7, 11) is 0. The third-order valence-corrected chi connectivity index (χ3v) is 5.16. The lowest BCUT2D eigenvalue weighted by molar-refractivity contribution is -0.121. The number of fused-ring (bicyclic) bond motifs is 3. The number of amides is 1. The Morgan fingerprint density at radius 2 is 1.96 bits per heavy atom. The van der Waals surface area contributed by atoms with Gasteiger partial charge in [-0.3, -0.25) is 14.2 Å². The normalized spacial score (nSPS) is 11.9. The SMILES string of the molecule is CC(C)CCNC(=O)Cn1nc2n(CC(C)C)c(=O)c3sccc3n2c1=O. The third kappa shape index (κ3) is 3.83. The predicted octanol–water partition coefficient (Wildman–Crippen LogP) is 1.69. The summed E-state index contributed by atoms with van der Waals surface area (Å²) in [6.07, 6.45) is 0.870. The second-order valence-corrected chi connectivity index (χ2v) is 8.47. The summed E-state index contributed by atoms with van der Waals surface area (Å²) >= 11 is 1.31. The van der Waals surface area contributed by atoms with Crippen LogP contribution in [0.2, 0.25) is 0 Å². The molecular weight excluding hydrogens is 366 g/mol. The van der Waals surface area contributed by atoms with Crippen LogP contribution in [0.1, 0.15) is 34.1 Å². The lowest BCUT2D eigenvalue weighted by Gasteiger charge is -2.09. The molecule has 1 N–H and O–H groups in total. The van der Waals surface area contributed by atoms with E-state index < -0.39 is 5.69 Å². The summed E-state index contributed by atoms with van der Waals surface area (Å²) in [4.78, 5) is 37.9. The molecule has 0 atom stereocenters. The minimum atomic E-state index is -0.412. The second kappa shape index (κ2) is 7.67. The highest BCUT2D eigenvalue weighted by atomic mass is 32.1. The quantitative estimate of drug-likeness (QED) is 0.664. The molecule has 3 rings (SSSR count). The molecule has 0 radical (unpaired) electrons. The first-order chi connectivity index (χ1) is 12.8. The smallest absolute Gasteiger partial charge is 0.352 e. The number of aromatic nitrogens is 4. The molecule has 0 aromatic carbocycles. The number of hydrogen-bond donors (Lipinski definition) is 1. The standard InChI is InChI=1S/C18H25N5O3S/c1-11(2)5-7-19-14(24)10-22-18(26)23-13-6-8-27-15(13)16(25)21(9-12(3)4)17(23)20-22/h6,8,11-12H,5,7,9-10H2,1-4H3,(H,19,24). The molecule has 3 aromatic rings. The Morgan fingerprint density at radius 3 is 2.63 bits per heavy atom. The van der Waals surface area contributed by atoms with E-state index in [1.165, 1.54) is 20.3 Å². The van der Waals surface area contributed by atoms with Crippen molar-refractivity contribution in [3.63, 3.8) is 0 Å². The molecule has 8 nitrogen and oxygen atoms in total. The highest BCUT2D eigenvalue weighted by Crippen LogP contribution is 2.17. The van der Waals surface area contributed by atoms with E-state index in [-0.39, 0.29) is 29.7 Å². The van der Waals surface area contributed by atoms with Gasteiger partial charge in [-0.1, -0.05) is 27.7 Å². The van der Waals surface area contributed by atoms with Gasteiger partial charge in [0.25, 0.3) is 5.56 Å². The molecule has 0 spiro atoms. The number of nitrogens with zero attached hydrogens (tertiary/aromatic N) is 4. The van der Waals surface area contributed by atoms with E-state index in [4.69, 9.17) is 0 Å². The molecule has 9 heteroatoms. The number of carbonyl (C=O) groups excluding carboxylic acids is 1. The zero-order valence-electron chi connectivity index (χ0n) is 16.1. The molecule has 146 valence electrons. The summed E-state index contributed by atoms with van der Waals surface area (Å²) in [5.41, 5.74) is -0.0267. The van der Waals surface area contributed by atoms with Crippen LogP contribution in [0.5, 0.6) is 0 Å². The average molecular weight is 391 g/mol. The van der Waals surface area contributed by atoms with E-state index in [9.17, 15) is 14.4 Å². The number of hydrogen-bond acceptors (Lipinski definition) is 5. The van der Waals surface area contributed by atoms with Gasteiger partial charge >= 0.3 is 5.69 Å². The zero-order valence-corrected chi connectivity index (χ0v) is 16.9. The maximum atomic E-state index is 12.9.